The molecule has 0 amide bonds. The predicted octanol–water partition coefficient (Wildman–Crippen LogP) is 15.8. The normalized spacial score (nSPS) is 12.5. The molecule has 0 unspecified atom stereocenters. The van der Waals surface area contributed by atoms with Crippen LogP contribution in [0.15, 0.2) is 231 Å². The molecule has 306 valence electrons. The summed E-state index contributed by atoms with van der Waals surface area (Å²) < 4.78 is 0. The van der Waals surface area contributed by atoms with Gasteiger partial charge in [0.25, 0.3) is 0 Å². The molecule has 11 aromatic rings. The van der Waals surface area contributed by atoms with Gasteiger partial charge in [-0.3, -0.25) is 15.8 Å². The molecule has 0 spiro atoms. The Morgan fingerprint density at radius 3 is 1.31 bits per heavy atom. The summed E-state index contributed by atoms with van der Waals surface area (Å²) in [4.78, 5) is 4.75. The molecule has 0 bridgehead atoms. The van der Waals surface area contributed by atoms with Gasteiger partial charge in [0.2, 0.25) is 0 Å². The Morgan fingerprint density at radius 1 is 0.338 bits per heavy atom. The molecule has 0 fully saturated rings. The number of nitrogens with two attached hydrogens (primary N) is 1. The van der Waals surface area contributed by atoms with Crippen molar-refractivity contribution in [3.63, 3.8) is 0 Å². The summed E-state index contributed by atoms with van der Waals surface area (Å²) in [5, 5.41) is 26.9. The smallest absolute Gasteiger partial charge is 0.0795 e. The van der Waals surface area contributed by atoms with E-state index in [1.54, 1.807) is 12.2 Å². The fraction of sp³-hybridized carbons (Fsp3) is 0. The van der Waals surface area contributed by atoms with Crippen molar-refractivity contribution < 1.29 is 0 Å². The number of rotatable bonds is 5. The van der Waals surface area contributed by atoms with Gasteiger partial charge in [0, 0.05) is 22.8 Å². The van der Waals surface area contributed by atoms with Crippen LogP contribution < -0.4 is 5.73 Å². The quantitative estimate of drug-likeness (QED) is 0.0916. The molecule has 4 heteroatoms. The zero-order chi connectivity index (χ0) is 43.9. The van der Waals surface area contributed by atoms with E-state index in [-0.39, 0.29) is 11.4 Å². The molecule has 1 aliphatic carbocycles. The van der Waals surface area contributed by atoms with Gasteiger partial charge < -0.3 is 5.73 Å². The minimum atomic E-state index is 0.240. The zero-order valence-electron chi connectivity index (χ0n) is 35.5. The fourth-order valence-corrected chi connectivity index (χ4v) is 9.52. The molecule has 0 atom stereocenters. The molecular formula is C61H42N4. The molecule has 1 heterocycles. The Hall–Kier alpha value is -8.73. The summed E-state index contributed by atoms with van der Waals surface area (Å²) in [6.45, 7) is 0. The maximum atomic E-state index is 8.12. The number of hydrogen-bond acceptors (Lipinski definition) is 4. The first-order valence-electron chi connectivity index (χ1n) is 21.8. The summed E-state index contributed by atoms with van der Waals surface area (Å²) in [7, 11) is 0. The highest BCUT2D eigenvalue weighted by molar-refractivity contribution is 6.50. The standard InChI is InChI=1S/C32H22N2.C29H20N2/c33-29-18-16-24(20-30(29)34)23-15-17-27-28(19-23)32(22-11-5-2-6-12-22)26-14-8-7-13-25(26)31(27)21-9-3-1-4-10-21;30-22-15-13-19(14-16-22)28-23-8-2-4-10-25(23)29(26-11-5-3-9-24(26)28)21-17-20-7-1-6-12-27(20)31-18-21/h1-20,33-34H;1-18H,30H2. The first-order valence-corrected chi connectivity index (χ1v) is 21.8. The number of aromatic nitrogens is 1. The highest BCUT2D eigenvalue weighted by atomic mass is 14.6. The lowest BCUT2D eigenvalue weighted by atomic mass is 9.84. The number of allylic oxidation sites excluding steroid dienone is 4. The highest BCUT2D eigenvalue weighted by Gasteiger charge is 2.19. The maximum absolute atomic E-state index is 8.12. The monoisotopic (exact) mass is 830 g/mol. The minimum absolute atomic E-state index is 0.240. The van der Waals surface area contributed by atoms with Gasteiger partial charge >= 0.3 is 0 Å². The first kappa shape index (κ1) is 39.1. The second kappa shape index (κ2) is 16.5. The van der Waals surface area contributed by atoms with Crippen LogP contribution >= 0.6 is 0 Å². The van der Waals surface area contributed by atoms with Gasteiger partial charge in [0.15, 0.2) is 0 Å². The molecule has 0 saturated heterocycles. The predicted molar refractivity (Wildman–Crippen MR) is 277 cm³/mol. The van der Waals surface area contributed by atoms with E-state index in [1.807, 2.05) is 30.5 Å². The molecular weight excluding hydrogens is 789 g/mol. The third-order valence-corrected chi connectivity index (χ3v) is 12.5. The van der Waals surface area contributed by atoms with Crippen molar-refractivity contribution in [3.8, 4) is 44.5 Å². The number of nitrogens with one attached hydrogen (secondary N) is 2. The van der Waals surface area contributed by atoms with Gasteiger partial charge in [-0.25, -0.2) is 0 Å². The van der Waals surface area contributed by atoms with Crippen LogP contribution in [0.5, 0.6) is 0 Å². The minimum Gasteiger partial charge on any atom is -0.399 e. The second-order valence-corrected chi connectivity index (χ2v) is 16.4. The largest absolute Gasteiger partial charge is 0.399 e. The van der Waals surface area contributed by atoms with Gasteiger partial charge in [0.05, 0.1) is 16.9 Å². The molecule has 4 nitrogen and oxygen atoms in total. The van der Waals surface area contributed by atoms with Crippen molar-refractivity contribution in [1.82, 2.24) is 4.98 Å². The Kier molecular flexibility index (Phi) is 9.95. The molecule has 1 aromatic heterocycles. The number of nitrogens with zero attached hydrogens (tertiary/aromatic N) is 1. The third kappa shape index (κ3) is 7.13. The fourth-order valence-electron chi connectivity index (χ4n) is 9.52. The van der Waals surface area contributed by atoms with E-state index in [0.717, 1.165) is 33.3 Å². The molecule has 65 heavy (non-hydrogen) atoms. The lowest BCUT2D eigenvalue weighted by Gasteiger charge is -2.19. The van der Waals surface area contributed by atoms with Gasteiger partial charge in [-0.15, -0.1) is 0 Å². The van der Waals surface area contributed by atoms with Crippen LogP contribution in [0.2, 0.25) is 0 Å². The molecule has 12 rings (SSSR count). The average molecular weight is 831 g/mol. The van der Waals surface area contributed by atoms with Crippen molar-refractivity contribution in [1.29, 1.82) is 10.8 Å². The SMILES string of the molecule is N=C1C=CC(c2ccc3c(-c4ccccc4)c4ccccc4c(-c4ccccc4)c3c2)=CC1=N.Nc1ccc(-c2c3ccccc3c(-c3cnc4ccccc4c3)c3ccccc23)cc1. The first-order chi connectivity index (χ1) is 32.0. The van der Waals surface area contributed by atoms with Crippen molar-refractivity contribution in [2.24, 2.45) is 0 Å². The van der Waals surface area contributed by atoms with Gasteiger partial charge in [-0.05, 0) is 136 Å². The summed E-state index contributed by atoms with van der Waals surface area (Å²) in [6, 6.07) is 72.4. The lowest BCUT2D eigenvalue weighted by Crippen LogP contribution is -2.09. The molecule has 0 saturated carbocycles. The number of anilines is 1. The molecule has 4 N–H and O–H groups in total. The Labute approximate surface area is 377 Å². The number of hydrogen-bond donors (Lipinski definition) is 3. The maximum Gasteiger partial charge on any atom is 0.0795 e. The summed E-state index contributed by atoms with van der Waals surface area (Å²) in [6.07, 6.45) is 7.42. The van der Waals surface area contributed by atoms with Crippen molar-refractivity contribution >= 4 is 76.7 Å². The van der Waals surface area contributed by atoms with Crippen LogP contribution in [-0.2, 0) is 0 Å². The molecule has 0 radical (unpaired) electrons. The van der Waals surface area contributed by atoms with Crippen LogP contribution in [0.1, 0.15) is 5.56 Å². The van der Waals surface area contributed by atoms with Crippen molar-refractivity contribution in [2.45, 2.75) is 0 Å². The number of fused-ring (bicyclic) bond motifs is 5. The van der Waals surface area contributed by atoms with Crippen molar-refractivity contribution in [2.75, 3.05) is 5.73 Å². The third-order valence-electron chi connectivity index (χ3n) is 12.5. The van der Waals surface area contributed by atoms with Gasteiger partial charge in [0.1, 0.15) is 0 Å². The highest BCUT2D eigenvalue weighted by Crippen LogP contribution is 2.46. The summed E-state index contributed by atoms with van der Waals surface area (Å²) in [5.41, 5.74) is 19.8. The van der Waals surface area contributed by atoms with E-state index in [4.69, 9.17) is 21.5 Å². The van der Waals surface area contributed by atoms with Crippen molar-refractivity contribution in [3.05, 3.63) is 236 Å². The number of pyridine rings is 1. The van der Waals surface area contributed by atoms with E-state index in [2.05, 4.69) is 188 Å². The van der Waals surface area contributed by atoms with Crippen LogP contribution in [0.25, 0.3) is 104 Å². The molecule has 10 aromatic carbocycles. The van der Waals surface area contributed by atoms with E-state index in [9.17, 15) is 0 Å². The Bertz CT molecular complexity index is 3680. The Morgan fingerprint density at radius 2 is 0.769 bits per heavy atom. The zero-order valence-corrected chi connectivity index (χ0v) is 35.5. The number of benzene rings is 10. The van der Waals surface area contributed by atoms with Crippen LogP contribution in [0.3, 0.4) is 0 Å². The topological polar surface area (TPSA) is 86.6 Å². The number of nitrogen functional groups attached to an aromatic ring is 1. The summed E-state index contributed by atoms with van der Waals surface area (Å²) >= 11 is 0. The van der Waals surface area contributed by atoms with E-state index in [0.29, 0.717) is 0 Å². The van der Waals surface area contributed by atoms with E-state index in [1.165, 1.54) is 82.0 Å². The van der Waals surface area contributed by atoms with Gasteiger partial charge in [-0.2, -0.15) is 0 Å². The van der Waals surface area contributed by atoms with Crippen LogP contribution in [-0.4, -0.2) is 16.4 Å². The number of para-hydroxylation sites is 1. The second-order valence-electron chi connectivity index (χ2n) is 16.4. The van der Waals surface area contributed by atoms with E-state index >= 15 is 0 Å². The van der Waals surface area contributed by atoms with Crippen LogP contribution in [0.4, 0.5) is 5.69 Å². The molecule has 1 aliphatic rings. The van der Waals surface area contributed by atoms with Gasteiger partial charge in [-0.1, -0.05) is 182 Å². The van der Waals surface area contributed by atoms with E-state index < -0.39 is 0 Å². The average Bonchev–Trinajstić information content (AvgIpc) is 3.36. The summed E-state index contributed by atoms with van der Waals surface area (Å²) in [5.74, 6) is 0. The van der Waals surface area contributed by atoms with Crippen LogP contribution in [0, 0.1) is 10.8 Å². The molecule has 0 aliphatic heterocycles. The Balaban J connectivity index is 0.000000145. The lowest BCUT2D eigenvalue weighted by molar-refractivity contribution is 1.41.